The lowest BCUT2D eigenvalue weighted by atomic mass is 10.1. The molecule has 6 nitrogen and oxygen atoms in total. The van der Waals surface area contributed by atoms with Crippen LogP contribution in [0.5, 0.6) is 11.6 Å². The first-order chi connectivity index (χ1) is 14.5. The minimum absolute atomic E-state index is 0.00753. The number of carbonyl (C=O) groups is 1. The van der Waals surface area contributed by atoms with Gasteiger partial charge in [0.15, 0.2) is 0 Å². The number of para-hydroxylation sites is 1. The van der Waals surface area contributed by atoms with Crippen LogP contribution in [0.2, 0.25) is 10.0 Å². The zero-order valence-corrected chi connectivity index (χ0v) is 17.8. The standard InChI is InChI=1S/C22H20Cl2N4O2/c1-15-13-27(9-10-28(15)22(29)16-5-4-6-17(23)11-16)20-12-21(26-14-25-20)30-19-8-3-2-7-18(19)24/h2-8,11-12,14-15H,9-10,13H2,1H3/t15-/m1/s1. The van der Waals surface area contributed by atoms with Gasteiger partial charge in [0, 0.05) is 42.3 Å². The summed E-state index contributed by atoms with van der Waals surface area (Å²) < 4.78 is 5.81. The van der Waals surface area contributed by atoms with Crippen molar-refractivity contribution in [1.29, 1.82) is 0 Å². The van der Waals surface area contributed by atoms with Crippen molar-refractivity contribution in [3.63, 3.8) is 0 Å². The van der Waals surface area contributed by atoms with Crippen LogP contribution in [0.15, 0.2) is 60.9 Å². The Labute approximate surface area is 185 Å². The molecule has 0 unspecified atom stereocenters. The highest BCUT2D eigenvalue weighted by atomic mass is 35.5. The van der Waals surface area contributed by atoms with Crippen LogP contribution < -0.4 is 9.64 Å². The smallest absolute Gasteiger partial charge is 0.254 e. The van der Waals surface area contributed by atoms with Crippen molar-refractivity contribution in [2.45, 2.75) is 13.0 Å². The Morgan fingerprint density at radius 3 is 2.67 bits per heavy atom. The van der Waals surface area contributed by atoms with E-state index in [1.165, 1.54) is 6.33 Å². The molecule has 1 aromatic heterocycles. The minimum atomic E-state index is -0.0184. The summed E-state index contributed by atoms with van der Waals surface area (Å²) >= 11 is 12.2. The average Bonchev–Trinajstić information content (AvgIpc) is 2.75. The molecule has 1 saturated heterocycles. The van der Waals surface area contributed by atoms with E-state index in [4.69, 9.17) is 27.9 Å². The van der Waals surface area contributed by atoms with Crippen molar-refractivity contribution in [3.8, 4) is 11.6 Å². The zero-order chi connectivity index (χ0) is 21.1. The molecule has 0 radical (unpaired) electrons. The number of hydrogen-bond donors (Lipinski definition) is 0. The first kappa shape index (κ1) is 20.4. The predicted molar refractivity (Wildman–Crippen MR) is 118 cm³/mol. The van der Waals surface area contributed by atoms with E-state index in [0.717, 1.165) is 5.82 Å². The second kappa shape index (κ2) is 8.90. The molecule has 1 fully saturated rings. The molecular formula is C22H20Cl2N4O2. The molecule has 0 bridgehead atoms. The van der Waals surface area contributed by atoms with Crippen LogP contribution in [-0.4, -0.2) is 46.5 Å². The number of carbonyl (C=O) groups excluding carboxylic acids is 1. The summed E-state index contributed by atoms with van der Waals surface area (Å²) in [6, 6.07) is 16.1. The number of hydrogen-bond acceptors (Lipinski definition) is 5. The molecular weight excluding hydrogens is 423 g/mol. The van der Waals surface area contributed by atoms with Crippen molar-refractivity contribution in [2.75, 3.05) is 24.5 Å². The van der Waals surface area contributed by atoms with Crippen LogP contribution >= 0.6 is 23.2 Å². The van der Waals surface area contributed by atoms with Gasteiger partial charge in [-0.3, -0.25) is 4.79 Å². The van der Waals surface area contributed by atoms with E-state index in [0.29, 0.717) is 46.9 Å². The Morgan fingerprint density at radius 1 is 1.07 bits per heavy atom. The Balaban J connectivity index is 1.45. The Hall–Kier alpha value is -2.83. The lowest BCUT2D eigenvalue weighted by Gasteiger charge is -2.40. The van der Waals surface area contributed by atoms with Gasteiger partial charge >= 0.3 is 0 Å². The van der Waals surface area contributed by atoms with Crippen LogP contribution in [0.3, 0.4) is 0 Å². The summed E-state index contributed by atoms with van der Waals surface area (Å²) in [5.41, 5.74) is 0.597. The molecule has 0 spiro atoms. The topological polar surface area (TPSA) is 58.6 Å². The number of benzene rings is 2. The van der Waals surface area contributed by atoms with Crippen LogP contribution in [0, 0.1) is 0 Å². The number of nitrogens with zero attached hydrogens (tertiary/aromatic N) is 4. The molecule has 30 heavy (non-hydrogen) atoms. The quantitative estimate of drug-likeness (QED) is 0.573. The predicted octanol–water partition coefficient (Wildman–Crippen LogP) is 4.93. The van der Waals surface area contributed by atoms with Gasteiger partial charge in [-0.2, -0.15) is 0 Å². The second-order valence-electron chi connectivity index (χ2n) is 7.05. The van der Waals surface area contributed by atoms with Gasteiger partial charge in [-0.1, -0.05) is 41.4 Å². The van der Waals surface area contributed by atoms with Crippen molar-refractivity contribution in [1.82, 2.24) is 14.9 Å². The maximum absolute atomic E-state index is 12.9. The average molecular weight is 443 g/mol. The molecule has 8 heteroatoms. The first-order valence-electron chi connectivity index (χ1n) is 9.57. The highest BCUT2D eigenvalue weighted by molar-refractivity contribution is 6.32. The van der Waals surface area contributed by atoms with Crippen molar-refractivity contribution >= 4 is 34.9 Å². The molecule has 0 N–H and O–H groups in total. The lowest BCUT2D eigenvalue weighted by molar-refractivity contribution is 0.0673. The molecule has 0 saturated carbocycles. The first-order valence-corrected chi connectivity index (χ1v) is 10.3. The third-order valence-electron chi connectivity index (χ3n) is 4.96. The van der Waals surface area contributed by atoms with Gasteiger partial charge < -0.3 is 14.5 Å². The van der Waals surface area contributed by atoms with E-state index in [-0.39, 0.29) is 11.9 Å². The molecule has 1 aliphatic heterocycles. The third kappa shape index (κ3) is 4.50. The fraction of sp³-hybridized carbons (Fsp3) is 0.227. The van der Waals surface area contributed by atoms with Gasteiger partial charge in [0.05, 0.1) is 5.02 Å². The van der Waals surface area contributed by atoms with Gasteiger partial charge in [0.2, 0.25) is 5.88 Å². The Morgan fingerprint density at radius 2 is 1.90 bits per heavy atom. The molecule has 1 aliphatic rings. The molecule has 4 rings (SSSR count). The van der Waals surface area contributed by atoms with E-state index in [1.54, 1.807) is 42.5 Å². The van der Waals surface area contributed by atoms with Gasteiger partial charge in [0.25, 0.3) is 5.91 Å². The number of anilines is 1. The maximum atomic E-state index is 12.9. The van der Waals surface area contributed by atoms with Crippen molar-refractivity contribution in [2.24, 2.45) is 0 Å². The molecule has 154 valence electrons. The zero-order valence-electron chi connectivity index (χ0n) is 16.3. The fourth-order valence-electron chi connectivity index (χ4n) is 3.45. The van der Waals surface area contributed by atoms with E-state index in [2.05, 4.69) is 14.9 Å². The molecule has 2 aromatic carbocycles. The van der Waals surface area contributed by atoms with Crippen molar-refractivity contribution < 1.29 is 9.53 Å². The lowest BCUT2D eigenvalue weighted by Crippen LogP contribution is -2.54. The van der Waals surface area contributed by atoms with E-state index in [9.17, 15) is 4.79 Å². The number of piperazine rings is 1. The number of rotatable bonds is 4. The normalized spacial score (nSPS) is 16.4. The summed E-state index contributed by atoms with van der Waals surface area (Å²) in [5, 5.41) is 1.07. The molecule has 0 aliphatic carbocycles. The SMILES string of the molecule is C[C@@H]1CN(c2cc(Oc3ccccc3Cl)ncn2)CCN1C(=O)c1cccc(Cl)c1. The fourth-order valence-corrected chi connectivity index (χ4v) is 3.82. The largest absolute Gasteiger partial charge is 0.437 e. The van der Waals surface area contributed by atoms with Gasteiger partial charge in [-0.15, -0.1) is 0 Å². The van der Waals surface area contributed by atoms with Crippen LogP contribution in [0.1, 0.15) is 17.3 Å². The van der Waals surface area contributed by atoms with Crippen LogP contribution in [-0.2, 0) is 0 Å². The number of ether oxygens (including phenoxy) is 1. The number of amides is 1. The highest BCUT2D eigenvalue weighted by Crippen LogP contribution is 2.29. The summed E-state index contributed by atoms with van der Waals surface area (Å²) in [6.07, 6.45) is 1.47. The van der Waals surface area contributed by atoms with Gasteiger partial charge in [-0.25, -0.2) is 9.97 Å². The monoisotopic (exact) mass is 442 g/mol. The number of aromatic nitrogens is 2. The molecule has 1 atom stereocenters. The maximum Gasteiger partial charge on any atom is 0.254 e. The summed E-state index contributed by atoms with van der Waals surface area (Å²) in [6.45, 7) is 3.90. The van der Waals surface area contributed by atoms with Crippen molar-refractivity contribution in [3.05, 3.63) is 76.5 Å². The third-order valence-corrected chi connectivity index (χ3v) is 5.51. The van der Waals surface area contributed by atoms with Gasteiger partial charge in [0.1, 0.15) is 17.9 Å². The summed E-state index contributed by atoms with van der Waals surface area (Å²) in [4.78, 5) is 25.4. The van der Waals surface area contributed by atoms with Crippen LogP contribution in [0.25, 0.3) is 0 Å². The van der Waals surface area contributed by atoms with Crippen LogP contribution in [0.4, 0.5) is 5.82 Å². The van der Waals surface area contributed by atoms with E-state index >= 15 is 0 Å². The van der Waals surface area contributed by atoms with Gasteiger partial charge in [-0.05, 0) is 37.3 Å². The minimum Gasteiger partial charge on any atom is -0.437 e. The highest BCUT2D eigenvalue weighted by Gasteiger charge is 2.29. The summed E-state index contributed by atoms with van der Waals surface area (Å²) in [7, 11) is 0. The molecule has 2 heterocycles. The Bertz CT molecular complexity index is 1060. The molecule has 3 aromatic rings. The summed E-state index contributed by atoms with van der Waals surface area (Å²) in [5.74, 6) is 1.68. The second-order valence-corrected chi connectivity index (χ2v) is 7.89. The van der Waals surface area contributed by atoms with E-state index < -0.39 is 0 Å². The van der Waals surface area contributed by atoms with E-state index in [1.807, 2.05) is 24.0 Å². The number of halogens is 2. The Kier molecular flexibility index (Phi) is 6.06. The molecule has 1 amide bonds.